The van der Waals surface area contributed by atoms with Crippen molar-refractivity contribution in [2.24, 2.45) is 11.3 Å². The maximum atomic E-state index is 8.93. The number of aromatic nitrogens is 5. The molecule has 0 aliphatic rings. The third-order valence-electron chi connectivity index (χ3n) is 8.44. The Labute approximate surface area is 298 Å². The molecule has 0 aliphatic heterocycles. The Morgan fingerprint density at radius 1 is 0.720 bits per heavy atom. The Balaban J connectivity index is 1.19. The van der Waals surface area contributed by atoms with Crippen LogP contribution in [0, 0.1) is 17.7 Å². The van der Waals surface area contributed by atoms with Crippen molar-refractivity contribution >= 4 is 32.8 Å². The van der Waals surface area contributed by atoms with Gasteiger partial charge in [0, 0.05) is 40.8 Å². The first kappa shape index (κ1) is 27.1. The number of imidazole rings is 1. The van der Waals surface area contributed by atoms with Crippen molar-refractivity contribution in [2.45, 2.75) is 47.4 Å². The van der Waals surface area contributed by atoms with Gasteiger partial charge in [-0.25, -0.2) is 4.98 Å². The van der Waals surface area contributed by atoms with Crippen LogP contribution in [0.1, 0.15) is 51.2 Å². The Kier molecular flexibility index (Phi) is 6.84. The van der Waals surface area contributed by atoms with Crippen molar-refractivity contribution < 1.29 is 14.8 Å². The molecular weight excluding hydrogens is 615 g/mol. The molecule has 4 aromatic heterocycles. The summed E-state index contributed by atoms with van der Waals surface area (Å²) in [5.41, 5.74) is 5.02. The van der Waals surface area contributed by atoms with E-state index in [-0.39, 0.29) is 5.92 Å². The minimum absolute atomic E-state index is 0.187. The quantitative estimate of drug-likeness (QED) is 0.121. The summed E-state index contributed by atoms with van der Waals surface area (Å²) in [6.45, 7) is 9.51. The fraction of sp³-hybridized carbons (Fsp3) is 0.205. The second-order valence-corrected chi connectivity index (χ2v) is 13.9. The van der Waals surface area contributed by atoms with E-state index in [1.165, 1.54) is 0 Å². The van der Waals surface area contributed by atoms with Gasteiger partial charge in [-0.05, 0) is 78.2 Å². The number of fused-ring (bicyclic) bond motifs is 4. The largest absolute Gasteiger partial charge is 0.458 e. The molecule has 8 aromatic rings. The zero-order valence-electron chi connectivity index (χ0n) is 32.8. The van der Waals surface area contributed by atoms with Crippen LogP contribution < -0.4 is 9.30 Å². The Hall–Kier alpha value is -5.75. The van der Waals surface area contributed by atoms with E-state index in [1.54, 1.807) is 18.5 Å². The van der Waals surface area contributed by atoms with Gasteiger partial charge >= 0.3 is 0 Å². The number of benzene rings is 4. The van der Waals surface area contributed by atoms with Crippen LogP contribution in [0.4, 0.5) is 0 Å². The van der Waals surface area contributed by atoms with Crippen molar-refractivity contribution in [3.8, 4) is 28.8 Å². The molecule has 0 amide bonds. The molecule has 0 unspecified atom stereocenters. The smallest absolute Gasteiger partial charge is 0.271 e. The molecule has 0 saturated heterocycles. The zero-order chi connectivity index (χ0) is 38.0. The van der Waals surface area contributed by atoms with Crippen LogP contribution in [0.25, 0.3) is 50.2 Å². The average Bonchev–Trinajstić information content (AvgIpc) is 3.71. The van der Waals surface area contributed by atoms with E-state index in [0.717, 1.165) is 38.5 Å². The van der Waals surface area contributed by atoms with Crippen LogP contribution in [0.15, 0.2) is 128 Å². The predicted octanol–water partition coefficient (Wildman–Crippen LogP) is 10.2. The van der Waals surface area contributed by atoms with Gasteiger partial charge in [-0.3, -0.25) is 18.7 Å². The van der Waals surface area contributed by atoms with Gasteiger partial charge in [0.2, 0.25) is 0 Å². The van der Waals surface area contributed by atoms with Crippen LogP contribution >= 0.6 is 0 Å². The third-order valence-corrected chi connectivity index (χ3v) is 8.44. The standard InChI is InChI=1S/C44H41N5O/c1-30(2)23-31-11-10-12-33(24-31)47-29-48(40-16-9-8-15-39(40)47)42-27-35(20-22-45-42)50-34-17-18-37-36-13-6-7-14-38(36)49(41(37)26-34)43-25-32(19-21-46-43)28-44(3,4)5/h6-22,24-27,30H,23,28H2,1-5H3/i23D2,28D2. The van der Waals surface area contributed by atoms with E-state index >= 15 is 0 Å². The lowest BCUT2D eigenvalue weighted by Gasteiger charge is -2.18. The number of rotatable bonds is 8. The van der Waals surface area contributed by atoms with Crippen LogP contribution in [0.2, 0.25) is 0 Å². The molecule has 0 saturated carbocycles. The fourth-order valence-electron chi connectivity index (χ4n) is 6.52. The molecular formula is C44H41N5O. The summed E-state index contributed by atoms with van der Waals surface area (Å²) >= 11 is 0. The molecule has 8 rings (SSSR count). The summed E-state index contributed by atoms with van der Waals surface area (Å²) in [7, 11) is 0. The summed E-state index contributed by atoms with van der Waals surface area (Å²) in [6.07, 6.45) is 3.80. The lowest BCUT2D eigenvalue weighted by Crippen LogP contribution is -2.29. The summed E-state index contributed by atoms with van der Waals surface area (Å²) < 4.78 is 47.6. The van der Waals surface area contributed by atoms with Crippen molar-refractivity contribution in [1.29, 1.82) is 0 Å². The molecule has 0 spiro atoms. The summed E-state index contributed by atoms with van der Waals surface area (Å²) in [5.74, 6) is 2.26. The van der Waals surface area contributed by atoms with Gasteiger partial charge in [-0.1, -0.05) is 94.8 Å². The highest BCUT2D eigenvalue weighted by Crippen LogP contribution is 2.35. The maximum absolute atomic E-state index is 8.93. The van der Waals surface area contributed by atoms with E-state index in [9.17, 15) is 0 Å². The van der Waals surface area contributed by atoms with Gasteiger partial charge in [-0.2, -0.15) is 0 Å². The molecule has 0 fully saturated rings. The number of hydrogen-bond acceptors (Lipinski definition) is 3. The van der Waals surface area contributed by atoms with E-state index in [1.807, 2.05) is 135 Å². The van der Waals surface area contributed by atoms with Gasteiger partial charge in [-0.15, -0.1) is 0 Å². The number of nitrogens with zero attached hydrogens (tertiary/aromatic N) is 5. The van der Waals surface area contributed by atoms with E-state index < -0.39 is 18.2 Å². The highest BCUT2D eigenvalue weighted by Gasteiger charge is 2.18. The number of para-hydroxylation sites is 3. The molecule has 4 heterocycles. The van der Waals surface area contributed by atoms with Crippen LogP contribution in [-0.4, -0.2) is 19.1 Å². The lowest BCUT2D eigenvalue weighted by molar-refractivity contribution is -0.572. The number of ether oxygens (including phenoxy) is 1. The molecule has 6 heteroatoms. The molecule has 0 bridgehead atoms. The van der Waals surface area contributed by atoms with E-state index in [2.05, 4.69) is 29.1 Å². The molecule has 4 aromatic carbocycles. The van der Waals surface area contributed by atoms with Crippen LogP contribution in [0.5, 0.6) is 11.5 Å². The molecule has 0 aliphatic carbocycles. The third kappa shape index (κ3) is 6.14. The summed E-state index contributed by atoms with van der Waals surface area (Å²) in [6, 6.07) is 37.0. The first-order chi connectivity index (χ1) is 25.7. The molecule has 6 nitrogen and oxygen atoms in total. The van der Waals surface area contributed by atoms with Crippen molar-refractivity contribution in [2.75, 3.05) is 0 Å². The average molecular weight is 660 g/mol. The van der Waals surface area contributed by atoms with Gasteiger partial charge in [0.15, 0.2) is 5.82 Å². The normalized spacial score (nSPS) is 13.8. The number of pyridine rings is 2. The first-order valence-corrected chi connectivity index (χ1v) is 16.9. The van der Waals surface area contributed by atoms with Gasteiger partial charge in [0.05, 0.1) is 27.8 Å². The molecule has 0 N–H and O–H groups in total. The van der Waals surface area contributed by atoms with Gasteiger partial charge in [0.1, 0.15) is 17.3 Å². The van der Waals surface area contributed by atoms with Crippen LogP contribution in [0.3, 0.4) is 0 Å². The molecule has 0 atom stereocenters. The molecule has 0 radical (unpaired) electrons. The second kappa shape index (κ2) is 12.6. The van der Waals surface area contributed by atoms with E-state index in [0.29, 0.717) is 34.3 Å². The zero-order valence-corrected chi connectivity index (χ0v) is 28.8. The Morgan fingerprint density at radius 3 is 2.30 bits per heavy atom. The summed E-state index contributed by atoms with van der Waals surface area (Å²) in [5, 5.41) is 2.09. The second-order valence-electron chi connectivity index (χ2n) is 13.9. The van der Waals surface area contributed by atoms with Gasteiger partial charge < -0.3 is 4.74 Å². The van der Waals surface area contributed by atoms with Crippen molar-refractivity contribution in [1.82, 2.24) is 19.1 Å². The SMILES string of the molecule is [2H]C([2H])(c1cccc(-[n+]2[c-]n(-c3cc(Oc4ccc5c6ccccc6n(-c6cc(C([2H])([2H])C(C)(C)C)ccn6)c5c4)ccn3)c3ccccc32)c1)C(C)C. The molecule has 50 heavy (non-hydrogen) atoms. The maximum Gasteiger partial charge on any atom is 0.271 e. The summed E-state index contributed by atoms with van der Waals surface area (Å²) in [4.78, 5) is 9.43. The van der Waals surface area contributed by atoms with E-state index in [4.69, 9.17) is 20.2 Å². The first-order valence-electron chi connectivity index (χ1n) is 18.9. The lowest BCUT2D eigenvalue weighted by atomic mass is 9.88. The number of hydrogen-bond donors (Lipinski definition) is 0. The molecule has 248 valence electrons. The predicted molar refractivity (Wildman–Crippen MR) is 202 cm³/mol. The highest BCUT2D eigenvalue weighted by atomic mass is 16.5. The highest BCUT2D eigenvalue weighted by molar-refractivity contribution is 6.09. The minimum atomic E-state index is -1.58. The monoisotopic (exact) mass is 659 g/mol. The topological polar surface area (TPSA) is 48.8 Å². The van der Waals surface area contributed by atoms with Crippen molar-refractivity contribution in [3.05, 3.63) is 145 Å². The minimum Gasteiger partial charge on any atom is -0.458 e. The Bertz CT molecular complexity index is 2690. The Morgan fingerprint density at radius 2 is 1.46 bits per heavy atom. The van der Waals surface area contributed by atoms with Crippen LogP contribution in [-0.2, 0) is 12.7 Å². The van der Waals surface area contributed by atoms with Crippen molar-refractivity contribution in [3.63, 3.8) is 0 Å². The fourth-order valence-corrected chi connectivity index (χ4v) is 6.52. The van der Waals surface area contributed by atoms with Gasteiger partial charge in [0.25, 0.3) is 6.33 Å².